The van der Waals surface area contributed by atoms with Crippen molar-refractivity contribution in [2.24, 2.45) is 0 Å². The second kappa shape index (κ2) is 6.23. The Balaban J connectivity index is 2.05. The van der Waals surface area contributed by atoms with Gasteiger partial charge in [-0.05, 0) is 36.6 Å². The number of hydrogen-bond donors (Lipinski definition) is 0. The standard InChI is InChI=1S/C18H16N2O4/c1-2-3-6-12-9-10-15(16(11-12)20(23)24)19-17(21)13-7-4-5-8-14(13)18(19)22/h4-5,7-11H,2-3,6H2,1H3. The molecular formula is C18H16N2O4. The van der Waals surface area contributed by atoms with Crippen LogP contribution < -0.4 is 4.90 Å². The molecule has 2 aromatic carbocycles. The van der Waals surface area contributed by atoms with E-state index in [2.05, 4.69) is 0 Å². The molecule has 122 valence electrons. The highest BCUT2D eigenvalue weighted by molar-refractivity contribution is 6.35. The highest BCUT2D eigenvalue weighted by Gasteiger charge is 2.39. The first-order valence-corrected chi connectivity index (χ1v) is 7.79. The molecule has 1 heterocycles. The molecule has 0 radical (unpaired) electrons. The number of nitro groups is 1. The Morgan fingerprint density at radius 1 is 1.04 bits per heavy atom. The topological polar surface area (TPSA) is 80.5 Å². The van der Waals surface area contributed by atoms with Crippen molar-refractivity contribution < 1.29 is 14.5 Å². The van der Waals surface area contributed by atoms with E-state index in [-0.39, 0.29) is 22.5 Å². The van der Waals surface area contributed by atoms with E-state index in [9.17, 15) is 19.7 Å². The lowest BCUT2D eigenvalue weighted by atomic mass is 10.1. The third kappa shape index (κ3) is 2.56. The molecule has 0 bridgehead atoms. The van der Waals surface area contributed by atoms with Crippen LogP contribution in [0, 0.1) is 10.1 Å². The van der Waals surface area contributed by atoms with Crippen LogP contribution >= 0.6 is 0 Å². The van der Waals surface area contributed by atoms with E-state index in [1.165, 1.54) is 12.1 Å². The molecule has 0 aliphatic carbocycles. The summed E-state index contributed by atoms with van der Waals surface area (Å²) < 4.78 is 0. The maximum Gasteiger partial charge on any atom is 0.293 e. The van der Waals surface area contributed by atoms with Crippen molar-refractivity contribution in [1.82, 2.24) is 0 Å². The number of nitro benzene ring substituents is 1. The van der Waals surface area contributed by atoms with E-state index in [4.69, 9.17) is 0 Å². The monoisotopic (exact) mass is 324 g/mol. The first kappa shape index (κ1) is 15.9. The zero-order valence-electron chi connectivity index (χ0n) is 13.2. The Kier molecular flexibility index (Phi) is 4.12. The van der Waals surface area contributed by atoms with E-state index in [0.29, 0.717) is 0 Å². The van der Waals surface area contributed by atoms with Crippen molar-refractivity contribution in [2.45, 2.75) is 26.2 Å². The summed E-state index contributed by atoms with van der Waals surface area (Å²) in [6, 6.07) is 11.1. The van der Waals surface area contributed by atoms with E-state index < -0.39 is 16.7 Å². The summed E-state index contributed by atoms with van der Waals surface area (Å²) in [6.07, 6.45) is 2.62. The molecule has 1 aliphatic heterocycles. The minimum Gasteiger partial charge on any atom is -0.268 e. The van der Waals surface area contributed by atoms with Crippen LogP contribution in [0.3, 0.4) is 0 Å². The van der Waals surface area contributed by atoms with Crippen molar-refractivity contribution in [3.05, 3.63) is 69.3 Å². The fraction of sp³-hybridized carbons (Fsp3) is 0.222. The molecule has 0 unspecified atom stereocenters. The molecule has 24 heavy (non-hydrogen) atoms. The zero-order chi connectivity index (χ0) is 17.3. The van der Waals surface area contributed by atoms with Gasteiger partial charge in [0.15, 0.2) is 0 Å². The molecule has 0 atom stereocenters. The molecule has 0 saturated carbocycles. The molecule has 0 N–H and O–H groups in total. The minimum atomic E-state index is -0.547. The first-order chi connectivity index (χ1) is 11.5. The number of benzene rings is 2. The Labute approximate surface area is 138 Å². The van der Waals surface area contributed by atoms with Crippen molar-refractivity contribution in [3.63, 3.8) is 0 Å². The third-order valence-electron chi connectivity index (χ3n) is 4.09. The number of anilines is 1. The fourth-order valence-corrected chi connectivity index (χ4v) is 2.85. The predicted molar refractivity (Wildman–Crippen MR) is 89.3 cm³/mol. The lowest BCUT2D eigenvalue weighted by Gasteiger charge is -2.14. The molecule has 6 nitrogen and oxygen atoms in total. The van der Waals surface area contributed by atoms with Crippen LogP contribution in [-0.2, 0) is 6.42 Å². The fourth-order valence-electron chi connectivity index (χ4n) is 2.85. The van der Waals surface area contributed by atoms with Gasteiger partial charge < -0.3 is 0 Å². The third-order valence-corrected chi connectivity index (χ3v) is 4.09. The summed E-state index contributed by atoms with van der Waals surface area (Å²) in [5.41, 5.74) is 1.16. The van der Waals surface area contributed by atoms with Gasteiger partial charge >= 0.3 is 0 Å². The highest BCUT2D eigenvalue weighted by Crippen LogP contribution is 2.35. The summed E-state index contributed by atoms with van der Waals surface area (Å²) in [6.45, 7) is 2.04. The normalized spacial score (nSPS) is 13.3. The number of aryl methyl sites for hydroxylation is 1. The van der Waals surface area contributed by atoms with Gasteiger partial charge in [-0.15, -0.1) is 0 Å². The molecule has 0 fully saturated rings. The average Bonchev–Trinajstić information content (AvgIpc) is 2.84. The molecule has 2 aromatic rings. The summed E-state index contributed by atoms with van der Waals surface area (Å²) in [5.74, 6) is -1.06. The van der Waals surface area contributed by atoms with Gasteiger partial charge in [-0.25, -0.2) is 4.90 Å². The van der Waals surface area contributed by atoms with Crippen LogP contribution in [0.5, 0.6) is 0 Å². The molecule has 0 aromatic heterocycles. The van der Waals surface area contributed by atoms with Crippen LogP contribution in [0.15, 0.2) is 42.5 Å². The van der Waals surface area contributed by atoms with Crippen LogP contribution in [0.25, 0.3) is 0 Å². The van der Waals surface area contributed by atoms with Crippen LogP contribution in [0.4, 0.5) is 11.4 Å². The van der Waals surface area contributed by atoms with Gasteiger partial charge in [-0.1, -0.05) is 31.5 Å². The molecule has 0 saturated heterocycles. The molecule has 2 amide bonds. The summed E-state index contributed by atoms with van der Waals surface area (Å²) in [4.78, 5) is 36.8. The Bertz CT molecular complexity index is 810. The maximum atomic E-state index is 12.5. The van der Waals surface area contributed by atoms with Gasteiger partial charge in [-0.2, -0.15) is 0 Å². The smallest absolute Gasteiger partial charge is 0.268 e. The summed E-state index contributed by atoms with van der Waals surface area (Å²) in [7, 11) is 0. The van der Waals surface area contributed by atoms with Crippen LogP contribution in [0.1, 0.15) is 46.0 Å². The van der Waals surface area contributed by atoms with Gasteiger partial charge in [0.25, 0.3) is 17.5 Å². The first-order valence-electron chi connectivity index (χ1n) is 7.79. The number of amides is 2. The lowest BCUT2D eigenvalue weighted by Crippen LogP contribution is -2.30. The highest BCUT2D eigenvalue weighted by atomic mass is 16.6. The van der Waals surface area contributed by atoms with Gasteiger partial charge in [-0.3, -0.25) is 19.7 Å². The van der Waals surface area contributed by atoms with Crippen molar-refractivity contribution in [3.8, 4) is 0 Å². The second-order valence-corrected chi connectivity index (χ2v) is 5.68. The molecule has 0 spiro atoms. The SMILES string of the molecule is CCCCc1ccc(N2C(=O)c3ccccc3C2=O)c([N+](=O)[O-])c1. The molecule has 6 heteroatoms. The Morgan fingerprint density at radius 2 is 1.67 bits per heavy atom. The molecule has 1 aliphatic rings. The van der Waals surface area contributed by atoms with Gasteiger partial charge in [0.05, 0.1) is 16.1 Å². The van der Waals surface area contributed by atoms with E-state index in [1.807, 2.05) is 6.92 Å². The van der Waals surface area contributed by atoms with Crippen molar-refractivity contribution in [1.29, 1.82) is 0 Å². The van der Waals surface area contributed by atoms with Gasteiger partial charge in [0.1, 0.15) is 5.69 Å². The average molecular weight is 324 g/mol. The maximum absolute atomic E-state index is 12.5. The van der Waals surface area contributed by atoms with Crippen molar-refractivity contribution in [2.75, 3.05) is 4.90 Å². The Morgan fingerprint density at radius 3 is 2.21 bits per heavy atom. The number of imide groups is 1. The Hall–Kier alpha value is -3.02. The number of rotatable bonds is 5. The largest absolute Gasteiger partial charge is 0.293 e. The number of nitrogens with zero attached hydrogens (tertiary/aromatic N) is 2. The molecular weight excluding hydrogens is 308 g/mol. The summed E-state index contributed by atoms with van der Waals surface area (Å²) >= 11 is 0. The van der Waals surface area contributed by atoms with Gasteiger partial charge in [0.2, 0.25) is 0 Å². The minimum absolute atomic E-state index is 0.0199. The summed E-state index contributed by atoms with van der Waals surface area (Å²) in [5, 5.41) is 11.4. The van der Waals surface area contributed by atoms with E-state index in [0.717, 1.165) is 29.7 Å². The number of unbranched alkanes of at least 4 members (excludes halogenated alkanes) is 1. The number of fused-ring (bicyclic) bond motifs is 1. The van der Waals surface area contributed by atoms with E-state index >= 15 is 0 Å². The number of carbonyl (C=O) groups is 2. The number of hydrogen-bond acceptors (Lipinski definition) is 4. The molecule has 3 rings (SSSR count). The van der Waals surface area contributed by atoms with Crippen molar-refractivity contribution >= 4 is 23.2 Å². The number of carbonyl (C=O) groups excluding carboxylic acids is 2. The quantitative estimate of drug-likeness (QED) is 0.477. The van der Waals surface area contributed by atoms with Crippen LogP contribution in [0.2, 0.25) is 0 Å². The van der Waals surface area contributed by atoms with E-state index in [1.54, 1.807) is 30.3 Å². The predicted octanol–water partition coefficient (Wildman–Crippen LogP) is 3.74. The van der Waals surface area contributed by atoms with Gasteiger partial charge in [0, 0.05) is 6.07 Å². The zero-order valence-corrected chi connectivity index (χ0v) is 13.2. The lowest BCUT2D eigenvalue weighted by molar-refractivity contribution is -0.384. The second-order valence-electron chi connectivity index (χ2n) is 5.68. The van der Waals surface area contributed by atoms with Crippen LogP contribution in [-0.4, -0.2) is 16.7 Å².